The SMILES string of the molecule is COc1cccc(Nc2nnc(SCC(=O)c3ccc(C)c(C)c3)s2)c1. The fraction of sp³-hybridized carbons (Fsp3) is 0.211. The smallest absolute Gasteiger partial charge is 0.210 e. The number of anilines is 2. The summed E-state index contributed by atoms with van der Waals surface area (Å²) in [6, 6.07) is 13.4. The molecule has 3 aromatic rings. The average molecular weight is 386 g/mol. The van der Waals surface area contributed by atoms with Crippen molar-refractivity contribution in [2.75, 3.05) is 18.2 Å². The Labute approximate surface area is 160 Å². The van der Waals surface area contributed by atoms with E-state index in [4.69, 9.17) is 4.74 Å². The number of hydrogen-bond acceptors (Lipinski definition) is 7. The van der Waals surface area contributed by atoms with Gasteiger partial charge in [-0.3, -0.25) is 4.79 Å². The largest absolute Gasteiger partial charge is 0.497 e. The van der Waals surface area contributed by atoms with Crippen LogP contribution >= 0.6 is 23.1 Å². The quantitative estimate of drug-likeness (QED) is 0.462. The zero-order chi connectivity index (χ0) is 18.5. The van der Waals surface area contributed by atoms with Crippen LogP contribution in [0.4, 0.5) is 10.8 Å². The fourth-order valence-corrected chi connectivity index (χ4v) is 3.94. The lowest BCUT2D eigenvalue weighted by atomic mass is 10.0. The van der Waals surface area contributed by atoms with Crippen molar-refractivity contribution >= 4 is 39.7 Å². The van der Waals surface area contributed by atoms with Gasteiger partial charge in [-0.05, 0) is 43.2 Å². The van der Waals surface area contributed by atoms with Gasteiger partial charge in [0.05, 0.1) is 12.9 Å². The lowest BCUT2D eigenvalue weighted by Gasteiger charge is -2.04. The van der Waals surface area contributed by atoms with Crippen molar-refractivity contribution in [3.05, 3.63) is 59.2 Å². The Balaban J connectivity index is 1.59. The molecule has 0 unspecified atom stereocenters. The predicted molar refractivity (Wildman–Crippen MR) is 107 cm³/mol. The van der Waals surface area contributed by atoms with E-state index in [1.807, 2.05) is 56.3 Å². The van der Waals surface area contributed by atoms with Crippen molar-refractivity contribution in [3.8, 4) is 5.75 Å². The van der Waals surface area contributed by atoms with Gasteiger partial charge >= 0.3 is 0 Å². The molecule has 0 amide bonds. The minimum Gasteiger partial charge on any atom is -0.497 e. The lowest BCUT2D eigenvalue weighted by Crippen LogP contribution is -2.03. The molecule has 0 fully saturated rings. The highest BCUT2D eigenvalue weighted by atomic mass is 32.2. The molecular formula is C19H19N3O2S2. The first-order valence-electron chi connectivity index (χ1n) is 8.03. The molecule has 7 heteroatoms. The van der Waals surface area contributed by atoms with Crippen LogP contribution in [0.1, 0.15) is 21.5 Å². The van der Waals surface area contributed by atoms with Crippen LogP contribution in [-0.2, 0) is 0 Å². The first kappa shape index (κ1) is 18.4. The van der Waals surface area contributed by atoms with Crippen molar-refractivity contribution in [3.63, 3.8) is 0 Å². The molecule has 0 saturated heterocycles. The molecule has 0 atom stereocenters. The minimum absolute atomic E-state index is 0.0932. The van der Waals surface area contributed by atoms with Crippen molar-refractivity contribution < 1.29 is 9.53 Å². The molecule has 0 bridgehead atoms. The molecule has 26 heavy (non-hydrogen) atoms. The van der Waals surface area contributed by atoms with Gasteiger partial charge in [0, 0.05) is 17.3 Å². The lowest BCUT2D eigenvalue weighted by molar-refractivity contribution is 0.102. The third-order valence-corrected chi connectivity index (χ3v) is 5.86. The van der Waals surface area contributed by atoms with E-state index in [9.17, 15) is 4.79 Å². The number of ether oxygens (including phenoxy) is 1. The molecule has 0 saturated carbocycles. The van der Waals surface area contributed by atoms with Gasteiger partial charge in [0.1, 0.15) is 5.75 Å². The maximum Gasteiger partial charge on any atom is 0.210 e. The van der Waals surface area contributed by atoms with Gasteiger partial charge in [0.2, 0.25) is 5.13 Å². The van der Waals surface area contributed by atoms with Crippen LogP contribution in [0.5, 0.6) is 5.75 Å². The predicted octanol–water partition coefficient (Wildman–Crippen LogP) is 4.88. The van der Waals surface area contributed by atoms with E-state index in [1.165, 1.54) is 28.7 Å². The van der Waals surface area contributed by atoms with Crippen molar-refractivity contribution in [1.29, 1.82) is 0 Å². The number of nitrogens with zero attached hydrogens (tertiary/aromatic N) is 2. The van der Waals surface area contributed by atoms with Crippen LogP contribution < -0.4 is 10.1 Å². The Hall–Kier alpha value is -2.38. The van der Waals surface area contributed by atoms with Gasteiger partial charge in [-0.2, -0.15) is 0 Å². The number of carbonyl (C=O) groups is 1. The Kier molecular flexibility index (Phi) is 5.90. The summed E-state index contributed by atoms with van der Waals surface area (Å²) in [5.74, 6) is 1.21. The van der Waals surface area contributed by atoms with Gasteiger partial charge in [0.25, 0.3) is 0 Å². The van der Waals surface area contributed by atoms with E-state index in [2.05, 4.69) is 15.5 Å². The van der Waals surface area contributed by atoms with E-state index in [1.54, 1.807) is 7.11 Å². The standard InChI is InChI=1S/C19H19N3O2S2/c1-12-7-8-14(9-13(12)2)17(23)11-25-19-22-21-18(26-19)20-15-5-4-6-16(10-15)24-3/h4-10H,11H2,1-3H3,(H,20,21). The highest BCUT2D eigenvalue weighted by Gasteiger charge is 2.11. The Morgan fingerprint density at radius 1 is 1.15 bits per heavy atom. The average Bonchev–Trinajstić information content (AvgIpc) is 3.09. The number of aryl methyl sites for hydroxylation is 2. The molecule has 134 valence electrons. The summed E-state index contributed by atoms with van der Waals surface area (Å²) in [7, 11) is 1.63. The summed E-state index contributed by atoms with van der Waals surface area (Å²) in [6.45, 7) is 4.05. The Morgan fingerprint density at radius 3 is 2.77 bits per heavy atom. The summed E-state index contributed by atoms with van der Waals surface area (Å²) in [5, 5.41) is 12.1. The first-order chi connectivity index (χ1) is 12.5. The number of thioether (sulfide) groups is 1. The summed E-state index contributed by atoms with van der Waals surface area (Å²) < 4.78 is 5.96. The second-order valence-corrected chi connectivity index (χ2v) is 7.94. The van der Waals surface area contributed by atoms with Crippen LogP contribution in [0, 0.1) is 13.8 Å². The van der Waals surface area contributed by atoms with Gasteiger partial charge in [-0.25, -0.2) is 0 Å². The molecule has 3 rings (SSSR count). The van der Waals surface area contributed by atoms with Crippen LogP contribution in [0.15, 0.2) is 46.8 Å². The topological polar surface area (TPSA) is 64.1 Å². The summed E-state index contributed by atoms with van der Waals surface area (Å²) in [5.41, 5.74) is 3.93. The molecule has 0 spiro atoms. The van der Waals surface area contributed by atoms with Gasteiger partial charge in [-0.15, -0.1) is 10.2 Å². The summed E-state index contributed by atoms with van der Waals surface area (Å²) in [4.78, 5) is 12.4. The van der Waals surface area contributed by atoms with Gasteiger partial charge < -0.3 is 10.1 Å². The Bertz CT molecular complexity index is 925. The van der Waals surface area contributed by atoms with E-state index >= 15 is 0 Å². The number of carbonyl (C=O) groups excluding carboxylic acids is 1. The van der Waals surface area contributed by atoms with Gasteiger partial charge in [0.15, 0.2) is 10.1 Å². The molecule has 2 aromatic carbocycles. The third kappa shape index (κ3) is 4.62. The molecule has 0 aliphatic heterocycles. The number of methoxy groups -OCH3 is 1. The van der Waals surface area contributed by atoms with E-state index in [0.717, 1.165) is 26.9 Å². The molecule has 1 N–H and O–H groups in total. The van der Waals surface area contributed by atoms with Crippen LogP contribution in [0.3, 0.4) is 0 Å². The minimum atomic E-state index is 0.0932. The Morgan fingerprint density at radius 2 is 2.00 bits per heavy atom. The van der Waals surface area contributed by atoms with Gasteiger partial charge in [-0.1, -0.05) is 41.3 Å². The fourth-order valence-electron chi connectivity index (χ4n) is 2.27. The number of Topliss-reactive ketones (excluding diaryl/α,β-unsaturated/α-hetero) is 1. The molecule has 1 aromatic heterocycles. The second kappa shape index (κ2) is 8.33. The second-order valence-electron chi connectivity index (χ2n) is 5.74. The molecule has 0 radical (unpaired) electrons. The van der Waals surface area contributed by atoms with Crippen LogP contribution in [0.2, 0.25) is 0 Å². The van der Waals surface area contributed by atoms with E-state index in [0.29, 0.717) is 10.9 Å². The molecule has 0 aliphatic carbocycles. The molecule has 1 heterocycles. The number of aromatic nitrogens is 2. The molecule has 5 nitrogen and oxygen atoms in total. The number of nitrogens with one attached hydrogen (secondary N) is 1. The number of benzene rings is 2. The van der Waals surface area contributed by atoms with Crippen molar-refractivity contribution in [1.82, 2.24) is 10.2 Å². The number of ketones is 1. The summed E-state index contributed by atoms with van der Waals surface area (Å²) >= 11 is 2.82. The maximum atomic E-state index is 12.4. The number of hydrogen-bond donors (Lipinski definition) is 1. The van der Waals surface area contributed by atoms with E-state index < -0.39 is 0 Å². The summed E-state index contributed by atoms with van der Waals surface area (Å²) in [6.07, 6.45) is 0. The van der Waals surface area contributed by atoms with Crippen LogP contribution in [0.25, 0.3) is 0 Å². The van der Waals surface area contributed by atoms with Crippen LogP contribution in [-0.4, -0.2) is 28.8 Å². The zero-order valence-electron chi connectivity index (χ0n) is 14.8. The number of rotatable bonds is 7. The monoisotopic (exact) mass is 385 g/mol. The van der Waals surface area contributed by atoms with Crippen molar-refractivity contribution in [2.24, 2.45) is 0 Å². The first-order valence-corrected chi connectivity index (χ1v) is 9.83. The maximum absolute atomic E-state index is 12.4. The highest BCUT2D eigenvalue weighted by molar-refractivity contribution is 8.01. The normalized spacial score (nSPS) is 10.6. The third-order valence-electron chi connectivity index (χ3n) is 3.88. The highest BCUT2D eigenvalue weighted by Crippen LogP contribution is 2.29. The zero-order valence-corrected chi connectivity index (χ0v) is 16.4. The molecular weight excluding hydrogens is 366 g/mol. The van der Waals surface area contributed by atoms with Crippen molar-refractivity contribution in [2.45, 2.75) is 18.2 Å². The van der Waals surface area contributed by atoms with E-state index in [-0.39, 0.29) is 5.78 Å². The molecule has 0 aliphatic rings.